The number of aryl methyl sites for hydroxylation is 1. The predicted octanol–water partition coefficient (Wildman–Crippen LogP) is 3.31. The first-order chi connectivity index (χ1) is 9.66. The summed E-state index contributed by atoms with van der Waals surface area (Å²) < 4.78 is 5.39. The molecule has 0 radical (unpaired) electrons. The number of anilines is 1. The van der Waals surface area contributed by atoms with E-state index >= 15 is 0 Å². The third kappa shape index (κ3) is 2.37. The number of aromatic nitrogens is 1. The van der Waals surface area contributed by atoms with Crippen molar-refractivity contribution in [1.29, 1.82) is 0 Å². The van der Waals surface area contributed by atoms with Gasteiger partial charge in [0.2, 0.25) is 0 Å². The average molecular weight is 291 g/mol. The first kappa shape index (κ1) is 13.3. The lowest BCUT2D eigenvalue weighted by Gasteiger charge is -2.13. The molecule has 20 heavy (non-hydrogen) atoms. The Labute approximate surface area is 122 Å². The molecule has 3 rings (SSSR count). The normalized spacial score (nSPS) is 18.4. The number of hydrogen-bond acceptors (Lipinski definition) is 3. The summed E-state index contributed by atoms with van der Waals surface area (Å²) in [6.07, 6.45) is 3.05. The van der Waals surface area contributed by atoms with Crippen LogP contribution in [0.5, 0.6) is 0 Å². The van der Waals surface area contributed by atoms with Crippen LogP contribution in [0.2, 0.25) is 5.02 Å². The van der Waals surface area contributed by atoms with E-state index in [1.165, 1.54) is 0 Å². The van der Waals surface area contributed by atoms with E-state index in [-0.39, 0.29) is 12.0 Å². The Morgan fingerprint density at radius 2 is 2.30 bits per heavy atom. The highest BCUT2D eigenvalue weighted by atomic mass is 35.5. The molecule has 1 aliphatic rings. The number of nitrogens with one attached hydrogen (secondary N) is 1. The summed E-state index contributed by atoms with van der Waals surface area (Å²) in [7, 11) is 0. The van der Waals surface area contributed by atoms with Crippen LogP contribution in [-0.4, -0.2) is 23.6 Å². The fourth-order valence-electron chi connectivity index (χ4n) is 2.44. The molecule has 1 amide bonds. The number of carbonyl (C=O) groups excluding carboxylic acids is 1. The van der Waals surface area contributed by atoms with Crippen molar-refractivity contribution < 1.29 is 9.53 Å². The van der Waals surface area contributed by atoms with Gasteiger partial charge >= 0.3 is 0 Å². The largest absolute Gasteiger partial charge is 0.368 e. The first-order valence-electron chi connectivity index (χ1n) is 6.63. The highest BCUT2D eigenvalue weighted by Gasteiger charge is 2.24. The predicted molar refractivity (Wildman–Crippen MR) is 79.1 cm³/mol. The SMILES string of the molecule is Cc1c(Cl)ccc2c(NC(=O)C3CCCO3)ccnc12. The van der Waals surface area contributed by atoms with E-state index in [1.54, 1.807) is 12.3 Å². The zero-order valence-electron chi connectivity index (χ0n) is 11.1. The Bertz CT molecular complexity index is 666. The summed E-state index contributed by atoms with van der Waals surface area (Å²) in [5.41, 5.74) is 2.47. The minimum Gasteiger partial charge on any atom is -0.368 e. The van der Waals surface area contributed by atoms with Gasteiger partial charge in [-0.05, 0) is 43.5 Å². The van der Waals surface area contributed by atoms with Gasteiger partial charge in [0.15, 0.2) is 0 Å². The number of fused-ring (bicyclic) bond motifs is 1. The molecular formula is C15H15ClN2O2. The summed E-state index contributed by atoms with van der Waals surface area (Å²) in [6.45, 7) is 2.58. The first-order valence-corrected chi connectivity index (χ1v) is 7.01. The molecule has 1 fully saturated rings. The lowest BCUT2D eigenvalue weighted by molar-refractivity contribution is -0.124. The van der Waals surface area contributed by atoms with E-state index in [0.717, 1.165) is 35.0 Å². The quantitative estimate of drug-likeness (QED) is 0.923. The van der Waals surface area contributed by atoms with E-state index in [0.29, 0.717) is 11.6 Å². The molecule has 0 bridgehead atoms. The third-order valence-corrected chi connectivity index (χ3v) is 3.99. The van der Waals surface area contributed by atoms with Crippen LogP contribution in [0.1, 0.15) is 18.4 Å². The fourth-order valence-corrected chi connectivity index (χ4v) is 2.59. The lowest BCUT2D eigenvalue weighted by Crippen LogP contribution is -2.26. The van der Waals surface area contributed by atoms with Crippen molar-refractivity contribution in [3.63, 3.8) is 0 Å². The Balaban J connectivity index is 1.95. The van der Waals surface area contributed by atoms with Crippen molar-refractivity contribution in [1.82, 2.24) is 4.98 Å². The molecule has 0 spiro atoms. The second-order valence-electron chi connectivity index (χ2n) is 4.92. The van der Waals surface area contributed by atoms with E-state index < -0.39 is 0 Å². The second-order valence-corrected chi connectivity index (χ2v) is 5.33. The summed E-state index contributed by atoms with van der Waals surface area (Å²) >= 11 is 6.10. The standard InChI is InChI=1S/C15H15ClN2O2/c1-9-11(16)5-4-10-12(6-7-17-14(9)10)18-15(19)13-3-2-8-20-13/h4-7,13H,2-3,8H2,1H3,(H,17,18,19). The van der Waals surface area contributed by atoms with Crippen molar-refractivity contribution in [3.05, 3.63) is 35.0 Å². The lowest BCUT2D eigenvalue weighted by atomic mass is 10.1. The molecule has 1 unspecified atom stereocenters. The van der Waals surface area contributed by atoms with Crippen molar-refractivity contribution in [2.75, 3.05) is 11.9 Å². The molecule has 2 heterocycles. The molecule has 1 N–H and O–H groups in total. The molecule has 2 aromatic rings. The van der Waals surface area contributed by atoms with Gasteiger partial charge in [0.1, 0.15) is 6.10 Å². The van der Waals surface area contributed by atoms with Gasteiger partial charge < -0.3 is 10.1 Å². The maximum absolute atomic E-state index is 12.1. The maximum Gasteiger partial charge on any atom is 0.253 e. The number of benzene rings is 1. The Morgan fingerprint density at radius 1 is 1.45 bits per heavy atom. The second kappa shape index (κ2) is 5.38. The molecule has 0 aliphatic carbocycles. The molecule has 1 aliphatic heterocycles. The van der Waals surface area contributed by atoms with Crippen LogP contribution < -0.4 is 5.32 Å². The van der Waals surface area contributed by atoms with Gasteiger partial charge in [0.05, 0.1) is 11.2 Å². The Hall–Kier alpha value is -1.65. The number of carbonyl (C=O) groups is 1. The van der Waals surface area contributed by atoms with Gasteiger partial charge in [-0.25, -0.2) is 0 Å². The third-order valence-electron chi connectivity index (χ3n) is 3.58. The van der Waals surface area contributed by atoms with Crippen molar-refractivity contribution >= 4 is 34.1 Å². The summed E-state index contributed by atoms with van der Waals surface area (Å²) in [5.74, 6) is -0.0948. The molecule has 104 valence electrons. The number of pyridine rings is 1. The van der Waals surface area contributed by atoms with Gasteiger partial charge in [0.25, 0.3) is 5.91 Å². The van der Waals surface area contributed by atoms with E-state index in [9.17, 15) is 4.79 Å². The summed E-state index contributed by atoms with van der Waals surface area (Å²) in [6, 6.07) is 5.49. The molecule has 1 aromatic heterocycles. The van der Waals surface area contributed by atoms with Gasteiger partial charge in [-0.15, -0.1) is 0 Å². The molecule has 1 aromatic carbocycles. The average Bonchev–Trinajstić information content (AvgIpc) is 2.97. The minimum absolute atomic E-state index is 0.0948. The highest BCUT2D eigenvalue weighted by molar-refractivity contribution is 6.32. The number of rotatable bonds is 2. The highest BCUT2D eigenvalue weighted by Crippen LogP contribution is 2.29. The van der Waals surface area contributed by atoms with Gasteiger partial charge in [-0.3, -0.25) is 9.78 Å². The maximum atomic E-state index is 12.1. The summed E-state index contributed by atoms with van der Waals surface area (Å²) in [4.78, 5) is 16.5. The van der Waals surface area contributed by atoms with Gasteiger partial charge in [-0.1, -0.05) is 11.6 Å². The molecule has 1 atom stereocenters. The smallest absolute Gasteiger partial charge is 0.253 e. The molecule has 5 heteroatoms. The van der Waals surface area contributed by atoms with Crippen LogP contribution in [-0.2, 0) is 9.53 Å². The Kier molecular flexibility index (Phi) is 3.59. The van der Waals surface area contributed by atoms with E-state index in [1.807, 2.05) is 19.1 Å². The van der Waals surface area contributed by atoms with Crippen molar-refractivity contribution in [2.45, 2.75) is 25.9 Å². The molecule has 1 saturated heterocycles. The van der Waals surface area contributed by atoms with Gasteiger partial charge in [-0.2, -0.15) is 0 Å². The van der Waals surface area contributed by atoms with Crippen LogP contribution in [0.25, 0.3) is 10.9 Å². The fraction of sp³-hybridized carbons (Fsp3) is 0.333. The minimum atomic E-state index is -0.341. The van der Waals surface area contributed by atoms with Crippen LogP contribution in [0.3, 0.4) is 0 Å². The van der Waals surface area contributed by atoms with Gasteiger partial charge in [0, 0.05) is 23.2 Å². The summed E-state index contributed by atoms with van der Waals surface area (Å²) in [5, 5.41) is 4.49. The van der Waals surface area contributed by atoms with Crippen LogP contribution >= 0.6 is 11.6 Å². The molecule has 4 nitrogen and oxygen atoms in total. The van der Waals surface area contributed by atoms with Crippen LogP contribution in [0.4, 0.5) is 5.69 Å². The molecular weight excluding hydrogens is 276 g/mol. The Morgan fingerprint density at radius 3 is 3.05 bits per heavy atom. The van der Waals surface area contributed by atoms with Crippen molar-refractivity contribution in [2.24, 2.45) is 0 Å². The zero-order valence-corrected chi connectivity index (χ0v) is 11.9. The van der Waals surface area contributed by atoms with E-state index in [4.69, 9.17) is 16.3 Å². The topological polar surface area (TPSA) is 51.2 Å². The number of amides is 1. The number of hydrogen-bond donors (Lipinski definition) is 1. The van der Waals surface area contributed by atoms with Crippen LogP contribution in [0, 0.1) is 6.92 Å². The molecule has 0 saturated carbocycles. The number of ether oxygens (including phenoxy) is 1. The number of halogens is 1. The monoisotopic (exact) mass is 290 g/mol. The number of nitrogens with zero attached hydrogens (tertiary/aromatic N) is 1. The van der Waals surface area contributed by atoms with E-state index in [2.05, 4.69) is 10.3 Å². The van der Waals surface area contributed by atoms with Crippen molar-refractivity contribution in [3.8, 4) is 0 Å². The van der Waals surface area contributed by atoms with Crippen LogP contribution in [0.15, 0.2) is 24.4 Å². The zero-order chi connectivity index (χ0) is 14.1.